The zero-order valence-corrected chi connectivity index (χ0v) is 17.3. The molecule has 0 radical (unpaired) electrons. The van der Waals surface area contributed by atoms with Crippen LogP contribution in [0.3, 0.4) is 0 Å². The Morgan fingerprint density at radius 3 is 2.63 bits per heavy atom. The van der Waals surface area contributed by atoms with Crippen LogP contribution in [0.25, 0.3) is 0 Å². The maximum atomic E-state index is 13.2. The molecule has 0 N–H and O–H groups in total. The molecular weight excluding hydrogens is 382 g/mol. The molecule has 0 aromatic carbocycles. The molecule has 2 aromatic heterocycles. The van der Waals surface area contributed by atoms with E-state index in [1.54, 1.807) is 0 Å². The van der Waals surface area contributed by atoms with Crippen molar-refractivity contribution >= 4 is 5.91 Å². The van der Waals surface area contributed by atoms with Crippen molar-refractivity contribution in [3.8, 4) is 6.01 Å². The van der Waals surface area contributed by atoms with Crippen molar-refractivity contribution in [3.63, 3.8) is 0 Å². The van der Waals surface area contributed by atoms with E-state index in [4.69, 9.17) is 4.74 Å². The standard InChI is InChI=1S/C22H27N5O3/c1-30-22-23-9-18(10-24-22)20(28)26-11-15-8-17(14-26)19-5-4-16(21(29)27(19)12-15)13-25-6-2-3-7-25/h4-5,9-10,15,17H,2-3,6-8,11-14H2,1H3/t15-,17+/m0/s1. The fourth-order valence-electron chi connectivity index (χ4n) is 5.17. The number of fused-ring (bicyclic) bond motifs is 4. The third-order valence-corrected chi connectivity index (χ3v) is 6.62. The van der Waals surface area contributed by atoms with Crippen molar-refractivity contribution in [1.29, 1.82) is 0 Å². The second kappa shape index (κ2) is 7.83. The number of likely N-dealkylation sites (tertiary alicyclic amines) is 2. The van der Waals surface area contributed by atoms with Gasteiger partial charge in [-0.05, 0) is 44.3 Å². The highest BCUT2D eigenvalue weighted by Gasteiger charge is 2.37. The Morgan fingerprint density at radius 1 is 1.13 bits per heavy atom. The molecule has 0 unspecified atom stereocenters. The molecule has 30 heavy (non-hydrogen) atoms. The van der Waals surface area contributed by atoms with Gasteiger partial charge in [-0.2, -0.15) is 0 Å². The third kappa shape index (κ3) is 3.49. The zero-order chi connectivity index (χ0) is 20.7. The first-order valence-electron chi connectivity index (χ1n) is 10.7. The molecule has 0 spiro atoms. The van der Waals surface area contributed by atoms with E-state index in [1.165, 1.54) is 32.3 Å². The first kappa shape index (κ1) is 19.2. The van der Waals surface area contributed by atoms with Gasteiger partial charge >= 0.3 is 6.01 Å². The van der Waals surface area contributed by atoms with Crippen LogP contribution in [0.2, 0.25) is 0 Å². The lowest BCUT2D eigenvalue weighted by atomic mass is 9.82. The zero-order valence-electron chi connectivity index (χ0n) is 17.3. The number of carbonyl (C=O) groups is 1. The molecule has 3 aliphatic heterocycles. The summed E-state index contributed by atoms with van der Waals surface area (Å²) in [7, 11) is 1.50. The summed E-state index contributed by atoms with van der Waals surface area (Å²) in [6, 6.07) is 4.36. The fourth-order valence-corrected chi connectivity index (χ4v) is 5.17. The summed E-state index contributed by atoms with van der Waals surface area (Å²) in [6.07, 6.45) is 6.50. The van der Waals surface area contributed by atoms with E-state index in [1.807, 2.05) is 15.5 Å². The van der Waals surface area contributed by atoms with Crippen LogP contribution in [-0.2, 0) is 13.1 Å². The first-order valence-corrected chi connectivity index (χ1v) is 10.7. The Morgan fingerprint density at radius 2 is 1.90 bits per heavy atom. The Labute approximate surface area is 175 Å². The minimum atomic E-state index is -0.0613. The SMILES string of the molecule is COc1ncc(C(=O)N2C[C@@H]3C[C@H](C2)c2ccc(CN4CCCC4)c(=O)n2C3)cn1. The largest absolute Gasteiger partial charge is 0.467 e. The first-order chi connectivity index (χ1) is 14.6. The molecule has 0 aliphatic carbocycles. The monoisotopic (exact) mass is 409 g/mol. The number of aromatic nitrogens is 3. The van der Waals surface area contributed by atoms with Crippen LogP contribution in [-0.4, -0.2) is 63.5 Å². The molecule has 2 bridgehead atoms. The molecular formula is C22H27N5O3. The molecule has 0 saturated carbocycles. The maximum Gasteiger partial charge on any atom is 0.316 e. The highest BCUT2D eigenvalue weighted by molar-refractivity contribution is 5.93. The van der Waals surface area contributed by atoms with E-state index in [2.05, 4.69) is 20.9 Å². The van der Waals surface area contributed by atoms with Crippen molar-refractivity contribution in [2.24, 2.45) is 5.92 Å². The normalized spacial score (nSPS) is 23.3. The lowest BCUT2D eigenvalue weighted by molar-refractivity contribution is 0.0593. The second-order valence-electron chi connectivity index (χ2n) is 8.65. The second-order valence-corrected chi connectivity index (χ2v) is 8.65. The molecule has 8 nitrogen and oxygen atoms in total. The highest BCUT2D eigenvalue weighted by atomic mass is 16.5. The molecule has 2 saturated heterocycles. The molecule has 3 aliphatic rings. The lowest BCUT2D eigenvalue weighted by Crippen LogP contribution is -2.49. The minimum Gasteiger partial charge on any atom is -0.467 e. The quantitative estimate of drug-likeness (QED) is 0.761. The predicted molar refractivity (Wildman–Crippen MR) is 111 cm³/mol. The van der Waals surface area contributed by atoms with E-state index < -0.39 is 0 Å². The van der Waals surface area contributed by atoms with Gasteiger partial charge in [0.25, 0.3) is 11.5 Å². The Kier molecular flexibility index (Phi) is 5.02. The average Bonchev–Trinajstić information content (AvgIpc) is 3.29. The number of hydrogen-bond acceptors (Lipinski definition) is 6. The number of ether oxygens (including phenoxy) is 1. The average molecular weight is 409 g/mol. The number of methoxy groups -OCH3 is 1. The smallest absolute Gasteiger partial charge is 0.316 e. The summed E-state index contributed by atoms with van der Waals surface area (Å²) < 4.78 is 6.95. The summed E-state index contributed by atoms with van der Waals surface area (Å²) in [6.45, 7) is 4.87. The number of hydrogen-bond donors (Lipinski definition) is 0. The molecule has 8 heteroatoms. The maximum absolute atomic E-state index is 13.2. The van der Waals surface area contributed by atoms with Gasteiger partial charge in [-0.15, -0.1) is 0 Å². The summed E-state index contributed by atoms with van der Waals surface area (Å²) in [4.78, 5) is 38.5. The molecule has 1 amide bonds. The third-order valence-electron chi connectivity index (χ3n) is 6.62. The summed E-state index contributed by atoms with van der Waals surface area (Å²) in [5, 5.41) is 0. The number of carbonyl (C=O) groups excluding carboxylic acids is 1. The number of rotatable bonds is 4. The number of amides is 1. The van der Waals surface area contributed by atoms with Crippen molar-refractivity contribution in [2.45, 2.75) is 38.3 Å². The molecule has 5 heterocycles. The topological polar surface area (TPSA) is 80.6 Å². The van der Waals surface area contributed by atoms with Gasteiger partial charge in [-0.3, -0.25) is 14.5 Å². The molecule has 2 aromatic rings. The molecule has 5 rings (SSSR count). The number of piperidine rings is 1. The van der Waals surface area contributed by atoms with E-state index >= 15 is 0 Å². The predicted octanol–water partition coefficient (Wildman–Crippen LogP) is 1.50. The fraction of sp³-hybridized carbons (Fsp3) is 0.545. The van der Waals surface area contributed by atoms with Crippen LogP contribution >= 0.6 is 0 Å². The molecule has 2 fully saturated rings. The van der Waals surface area contributed by atoms with Crippen molar-refractivity contribution in [1.82, 2.24) is 24.3 Å². The van der Waals surface area contributed by atoms with Gasteiger partial charge in [0, 0.05) is 55.7 Å². The van der Waals surface area contributed by atoms with Crippen LogP contribution in [0, 0.1) is 5.92 Å². The van der Waals surface area contributed by atoms with Crippen molar-refractivity contribution < 1.29 is 9.53 Å². The summed E-state index contributed by atoms with van der Waals surface area (Å²) in [5.41, 5.74) is 2.57. The summed E-state index contributed by atoms with van der Waals surface area (Å²) >= 11 is 0. The van der Waals surface area contributed by atoms with Crippen molar-refractivity contribution in [3.05, 3.63) is 51.7 Å². The highest BCUT2D eigenvalue weighted by Crippen LogP contribution is 2.35. The van der Waals surface area contributed by atoms with Crippen LogP contribution in [0.1, 0.15) is 46.8 Å². The van der Waals surface area contributed by atoms with Crippen LogP contribution in [0.15, 0.2) is 29.3 Å². The Hall–Kier alpha value is -2.74. The molecule has 2 atom stereocenters. The van der Waals surface area contributed by atoms with Gasteiger partial charge in [-0.1, -0.05) is 6.07 Å². The van der Waals surface area contributed by atoms with Gasteiger partial charge in [0.1, 0.15) is 0 Å². The van der Waals surface area contributed by atoms with E-state index in [-0.39, 0.29) is 23.4 Å². The van der Waals surface area contributed by atoms with Gasteiger partial charge in [0.2, 0.25) is 0 Å². The van der Waals surface area contributed by atoms with E-state index in [0.717, 1.165) is 37.3 Å². The van der Waals surface area contributed by atoms with Crippen LogP contribution in [0.5, 0.6) is 6.01 Å². The van der Waals surface area contributed by atoms with Gasteiger partial charge in [-0.25, -0.2) is 9.97 Å². The Balaban J connectivity index is 1.36. The van der Waals surface area contributed by atoms with Crippen LogP contribution < -0.4 is 10.3 Å². The summed E-state index contributed by atoms with van der Waals surface area (Å²) in [5.74, 6) is 0.419. The van der Waals surface area contributed by atoms with Gasteiger partial charge < -0.3 is 14.2 Å². The lowest BCUT2D eigenvalue weighted by Gasteiger charge is -2.43. The van der Waals surface area contributed by atoms with Gasteiger partial charge in [0.15, 0.2) is 0 Å². The number of nitrogens with zero attached hydrogens (tertiary/aromatic N) is 5. The Bertz CT molecular complexity index is 997. The number of pyridine rings is 1. The van der Waals surface area contributed by atoms with E-state index in [0.29, 0.717) is 31.1 Å². The van der Waals surface area contributed by atoms with Crippen molar-refractivity contribution in [2.75, 3.05) is 33.3 Å². The van der Waals surface area contributed by atoms with Crippen LogP contribution in [0.4, 0.5) is 0 Å². The van der Waals surface area contributed by atoms with E-state index in [9.17, 15) is 9.59 Å². The minimum absolute atomic E-state index is 0.0613. The molecule has 158 valence electrons. The van der Waals surface area contributed by atoms with Gasteiger partial charge in [0.05, 0.1) is 12.7 Å².